The summed E-state index contributed by atoms with van der Waals surface area (Å²) in [6.07, 6.45) is -0.137. The van der Waals surface area contributed by atoms with Gasteiger partial charge in [-0.15, -0.1) is 0 Å². The van der Waals surface area contributed by atoms with Crippen LogP contribution in [0.15, 0.2) is 23.4 Å². The van der Waals surface area contributed by atoms with Gasteiger partial charge < -0.3 is 10.2 Å². The molecule has 0 amide bonds. The lowest BCUT2D eigenvalue weighted by atomic mass is 10.3. The predicted octanol–water partition coefficient (Wildman–Crippen LogP) is -0.665. The lowest BCUT2D eigenvalue weighted by Gasteiger charge is -2.08. The number of carboxylic acids is 1. The zero-order chi connectivity index (χ0) is 13.8. The fourth-order valence-corrected chi connectivity index (χ4v) is 2.10. The van der Waals surface area contributed by atoms with Crippen molar-refractivity contribution in [1.82, 2.24) is 9.71 Å². The van der Waals surface area contributed by atoms with Crippen LogP contribution >= 0.6 is 0 Å². The normalized spacial score (nSPS) is 13.2. The fraction of sp³-hybridized carbons (Fsp3) is 0.333. The molecule has 0 aliphatic rings. The third kappa shape index (κ3) is 4.02. The summed E-state index contributed by atoms with van der Waals surface area (Å²) < 4.78 is 38.0. The molecule has 1 atom stereocenters. The van der Waals surface area contributed by atoms with Crippen LogP contribution in [0.3, 0.4) is 0 Å². The third-order valence-corrected chi connectivity index (χ3v) is 3.41. The number of nitrogens with one attached hydrogen (secondary N) is 1. The monoisotopic (exact) mass is 278 g/mol. The van der Waals surface area contributed by atoms with E-state index in [1.807, 2.05) is 4.72 Å². The maximum Gasteiger partial charge on any atom is 0.332 e. The van der Waals surface area contributed by atoms with E-state index < -0.39 is 27.9 Å². The van der Waals surface area contributed by atoms with E-state index in [0.717, 1.165) is 18.5 Å². The number of hydrogen-bond acceptors (Lipinski definition) is 5. The van der Waals surface area contributed by atoms with Crippen LogP contribution in [0.2, 0.25) is 0 Å². The fourth-order valence-electron chi connectivity index (χ4n) is 1.08. The number of halogens is 1. The van der Waals surface area contributed by atoms with Gasteiger partial charge in [0.05, 0.1) is 6.20 Å². The summed E-state index contributed by atoms with van der Waals surface area (Å²) in [5.74, 6) is -2.25. The summed E-state index contributed by atoms with van der Waals surface area (Å²) in [4.78, 5) is 13.3. The average molecular weight is 278 g/mol. The van der Waals surface area contributed by atoms with Crippen LogP contribution < -0.4 is 4.72 Å². The SMILES string of the molecule is O=C(O)C(O)CCNS(=O)(=O)c1cncc(F)c1. The quantitative estimate of drug-likeness (QED) is 0.635. The molecule has 0 spiro atoms. The summed E-state index contributed by atoms with van der Waals surface area (Å²) in [6, 6.07) is 0.781. The molecule has 7 nitrogen and oxygen atoms in total. The van der Waals surface area contributed by atoms with Gasteiger partial charge >= 0.3 is 5.97 Å². The van der Waals surface area contributed by atoms with Crippen molar-refractivity contribution in [3.05, 3.63) is 24.3 Å². The van der Waals surface area contributed by atoms with Gasteiger partial charge in [-0.3, -0.25) is 4.98 Å². The number of carboxylic acid groups (broad SMARTS) is 1. The summed E-state index contributed by atoms with van der Waals surface area (Å²) >= 11 is 0. The predicted molar refractivity (Wildman–Crippen MR) is 57.6 cm³/mol. The number of nitrogens with zero attached hydrogens (tertiary/aromatic N) is 1. The largest absolute Gasteiger partial charge is 0.479 e. The Hall–Kier alpha value is -1.58. The van der Waals surface area contributed by atoms with Crippen molar-refractivity contribution in [1.29, 1.82) is 0 Å². The molecule has 0 aromatic carbocycles. The number of aliphatic carboxylic acids is 1. The van der Waals surface area contributed by atoms with E-state index in [2.05, 4.69) is 4.98 Å². The van der Waals surface area contributed by atoms with Crippen molar-refractivity contribution in [3.63, 3.8) is 0 Å². The molecular weight excluding hydrogens is 267 g/mol. The maximum atomic E-state index is 12.8. The van der Waals surface area contributed by atoms with Gasteiger partial charge in [-0.05, 0) is 12.5 Å². The van der Waals surface area contributed by atoms with Gasteiger partial charge in [-0.2, -0.15) is 0 Å². The minimum absolute atomic E-state index is 0.285. The number of hydrogen-bond donors (Lipinski definition) is 3. The zero-order valence-corrected chi connectivity index (χ0v) is 9.89. The lowest BCUT2D eigenvalue weighted by molar-refractivity contribution is -0.146. The Labute approximate surface area is 102 Å². The third-order valence-electron chi connectivity index (χ3n) is 1.99. The number of aliphatic hydroxyl groups excluding tert-OH is 1. The summed E-state index contributed by atoms with van der Waals surface area (Å²) in [7, 11) is -3.96. The van der Waals surface area contributed by atoms with Crippen LogP contribution in [0.25, 0.3) is 0 Å². The standard InChI is InChI=1S/C9H11FN2O5S/c10-6-3-7(5-11-4-6)18(16,17)12-2-1-8(13)9(14)15/h3-5,8,12-13H,1-2H2,(H,14,15). The second-order valence-corrected chi connectivity index (χ2v) is 5.15. The zero-order valence-electron chi connectivity index (χ0n) is 9.08. The van der Waals surface area contributed by atoms with Crippen LogP contribution in [0, 0.1) is 5.82 Å². The Morgan fingerprint density at radius 3 is 2.72 bits per heavy atom. The van der Waals surface area contributed by atoms with Gasteiger partial charge in [0.25, 0.3) is 0 Å². The average Bonchev–Trinajstić information content (AvgIpc) is 2.28. The molecule has 1 rings (SSSR count). The van der Waals surface area contributed by atoms with Gasteiger partial charge in [0, 0.05) is 12.7 Å². The first kappa shape index (κ1) is 14.5. The number of aliphatic hydroxyl groups is 1. The molecule has 0 saturated carbocycles. The number of carbonyl (C=O) groups is 1. The van der Waals surface area contributed by atoms with Gasteiger partial charge in [-0.25, -0.2) is 22.3 Å². The highest BCUT2D eigenvalue weighted by atomic mass is 32.2. The van der Waals surface area contributed by atoms with E-state index in [0.29, 0.717) is 0 Å². The van der Waals surface area contributed by atoms with Gasteiger partial charge in [0.15, 0.2) is 6.10 Å². The molecule has 1 heterocycles. The molecule has 1 unspecified atom stereocenters. The van der Waals surface area contributed by atoms with Crippen molar-refractivity contribution < 1.29 is 27.8 Å². The number of sulfonamides is 1. The van der Waals surface area contributed by atoms with Crippen molar-refractivity contribution in [2.24, 2.45) is 0 Å². The van der Waals surface area contributed by atoms with Crippen LogP contribution in [0.1, 0.15) is 6.42 Å². The first-order valence-corrected chi connectivity index (χ1v) is 6.32. The maximum absolute atomic E-state index is 12.8. The number of aromatic nitrogens is 1. The summed E-state index contributed by atoms with van der Waals surface area (Å²) in [5, 5.41) is 17.3. The molecule has 18 heavy (non-hydrogen) atoms. The lowest BCUT2D eigenvalue weighted by Crippen LogP contribution is -2.30. The number of rotatable bonds is 6. The Balaban J connectivity index is 2.64. The highest BCUT2D eigenvalue weighted by molar-refractivity contribution is 7.89. The topological polar surface area (TPSA) is 117 Å². The molecule has 100 valence electrons. The molecule has 0 saturated heterocycles. The van der Waals surface area contributed by atoms with E-state index in [-0.39, 0.29) is 17.9 Å². The molecular formula is C9H11FN2O5S. The smallest absolute Gasteiger partial charge is 0.332 e. The highest BCUT2D eigenvalue weighted by Gasteiger charge is 2.17. The summed E-state index contributed by atoms with van der Waals surface area (Å²) in [5.41, 5.74) is 0. The van der Waals surface area contributed by atoms with E-state index in [1.165, 1.54) is 0 Å². The Morgan fingerprint density at radius 1 is 1.50 bits per heavy atom. The molecule has 3 N–H and O–H groups in total. The first-order valence-electron chi connectivity index (χ1n) is 4.84. The van der Waals surface area contributed by atoms with Crippen LogP contribution in [0.5, 0.6) is 0 Å². The highest BCUT2D eigenvalue weighted by Crippen LogP contribution is 2.08. The Morgan fingerprint density at radius 2 is 2.17 bits per heavy atom. The van der Waals surface area contributed by atoms with Crippen molar-refractivity contribution in [2.75, 3.05) is 6.54 Å². The molecule has 1 aromatic rings. The molecule has 0 bridgehead atoms. The minimum atomic E-state index is -3.96. The van der Waals surface area contributed by atoms with Crippen LogP contribution in [-0.2, 0) is 14.8 Å². The molecule has 9 heteroatoms. The van der Waals surface area contributed by atoms with Crippen LogP contribution in [-0.4, -0.2) is 42.2 Å². The van der Waals surface area contributed by atoms with E-state index in [1.54, 1.807) is 0 Å². The minimum Gasteiger partial charge on any atom is -0.479 e. The van der Waals surface area contributed by atoms with E-state index >= 15 is 0 Å². The summed E-state index contributed by atoms with van der Waals surface area (Å²) in [6.45, 7) is -0.285. The first-order chi connectivity index (χ1) is 8.33. The molecule has 0 radical (unpaired) electrons. The second kappa shape index (κ2) is 5.85. The van der Waals surface area contributed by atoms with Crippen molar-refractivity contribution in [3.8, 4) is 0 Å². The number of pyridine rings is 1. The molecule has 1 aromatic heterocycles. The van der Waals surface area contributed by atoms with Gasteiger partial charge in [-0.1, -0.05) is 0 Å². The molecule has 0 aliphatic carbocycles. The van der Waals surface area contributed by atoms with Gasteiger partial charge in [0.1, 0.15) is 10.7 Å². The molecule has 0 fully saturated rings. The van der Waals surface area contributed by atoms with Crippen molar-refractivity contribution in [2.45, 2.75) is 17.4 Å². The Kier molecular flexibility index (Phi) is 4.70. The second-order valence-electron chi connectivity index (χ2n) is 3.38. The van der Waals surface area contributed by atoms with E-state index in [4.69, 9.17) is 10.2 Å². The van der Waals surface area contributed by atoms with Crippen molar-refractivity contribution >= 4 is 16.0 Å². The van der Waals surface area contributed by atoms with E-state index in [9.17, 15) is 17.6 Å². The van der Waals surface area contributed by atoms with Gasteiger partial charge in [0.2, 0.25) is 10.0 Å². The van der Waals surface area contributed by atoms with Crippen LogP contribution in [0.4, 0.5) is 4.39 Å². The Bertz CT molecular complexity index is 534. The molecule has 0 aliphatic heterocycles.